The molecule has 1 aliphatic carbocycles. The second-order valence-electron chi connectivity index (χ2n) is 5.23. The first-order chi connectivity index (χ1) is 10.3. The number of pyridine rings is 1. The summed E-state index contributed by atoms with van der Waals surface area (Å²) >= 11 is 0. The molecule has 0 spiro atoms. The predicted molar refractivity (Wildman–Crippen MR) is 74.0 cm³/mol. The van der Waals surface area contributed by atoms with E-state index in [1.807, 2.05) is 6.07 Å². The molecule has 2 heterocycles. The summed E-state index contributed by atoms with van der Waals surface area (Å²) in [6, 6.07) is 5.41. The molecule has 1 fully saturated rings. The van der Waals surface area contributed by atoms with E-state index in [9.17, 15) is 0 Å². The Kier molecular flexibility index (Phi) is 3.67. The molecule has 0 N–H and O–H groups in total. The van der Waals surface area contributed by atoms with Gasteiger partial charge in [-0.15, -0.1) is 0 Å². The largest absolute Gasteiger partial charge is 0.370 e. The van der Waals surface area contributed by atoms with E-state index in [1.165, 1.54) is 12.6 Å². The van der Waals surface area contributed by atoms with Gasteiger partial charge in [-0.1, -0.05) is 24.4 Å². The van der Waals surface area contributed by atoms with Gasteiger partial charge in [-0.2, -0.15) is 10.2 Å². The summed E-state index contributed by atoms with van der Waals surface area (Å²) in [4.78, 5) is 8.62. The van der Waals surface area contributed by atoms with Crippen molar-refractivity contribution in [1.29, 1.82) is 5.26 Å². The van der Waals surface area contributed by atoms with Crippen molar-refractivity contribution in [3.05, 3.63) is 29.7 Å². The molecule has 2 aromatic heterocycles. The minimum absolute atomic E-state index is 0.358. The second kappa shape index (κ2) is 5.62. The summed E-state index contributed by atoms with van der Waals surface area (Å²) in [6.07, 6.45) is 6.73. The molecular weight excluding hydrogens is 268 g/mol. The number of methoxy groups -OCH3 is 1. The maximum absolute atomic E-state index is 8.78. The van der Waals surface area contributed by atoms with Gasteiger partial charge in [0.25, 0.3) is 5.89 Å². The van der Waals surface area contributed by atoms with Crippen molar-refractivity contribution in [2.75, 3.05) is 7.11 Å². The quantitative estimate of drug-likeness (QED) is 0.861. The first kappa shape index (κ1) is 13.7. The van der Waals surface area contributed by atoms with Crippen LogP contribution in [0.5, 0.6) is 0 Å². The van der Waals surface area contributed by atoms with Crippen molar-refractivity contribution in [2.24, 2.45) is 0 Å². The summed E-state index contributed by atoms with van der Waals surface area (Å²) in [5.41, 5.74) is 0.626. The Balaban J connectivity index is 1.90. The van der Waals surface area contributed by atoms with Crippen LogP contribution >= 0.6 is 0 Å². The van der Waals surface area contributed by atoms with Gasteiger partial charge in [0.15, 0.2) is 0 Å². The molecule has 0 amide bonds. The molecule has 21 heavy (non-hydrogen) atoms. The van der Waals surface area contributed by atoms with Crippen LogP contribution in [0.2, 0.25) is 0 Å². The van der Waals surface area contributed by atoms with Crippen LogP contribution in [-0.2, 0) is 10.3 Å². The number of nitriles is 1. The van der Waals surface area contributed by atoms with Crippen molar-refractivity contribution >= 4 is 0 Å². The normalized spacial score (nSPS) is 17.3. The summed E-state index contributed by atoms with van der Waals surface area (Å²) < 4.78 is 11.0. The van der Waals surface area contributed by atoms with Crippen molar-refractivity contribution in [1.82, 2.24) is 15.1 Å². The maximum Gasteiger partial charge on any atom is 0.276 e. The highest BCUT2D eigenvalue weighted by atomic mass is 16.5. The fraction of sp³-hybridized carbons (Fsp3) is 0.467. The Morgan fingerprint density at radius 2 is 2.10 bits per heavy atom. The zero-order chi connectivity index (χ0) is 14.7. The summed E-state index contributed by atoms with van der Waals surface area (Å²) in [6.45, 7) is 0. The van der Waals surface area contributed by atoms with Crippen LogP contribution < -0.4 is 0 Å². The van der Waals surface area contributed by atoms with Crippen molar-refractivity contribution < 1.29 is 9.26 Å². The van der Waals surface area contributed by atoms with E-state index < -0.39 is 5.60 Å². The van der Waals surface area contributed by atoms with Crippen LogP contribution in [0.3, 0.4) is 0 Å². The Hall–Kier alpha value is -2.26. The molecule has 1 aliphatic rings. The van der Waals surface area contributed by atoms with E-state index in [4.69, 9.17) is 14.5 Å². The first-order valence-corrected chi connectivity index (χ1v) is 7.03. The SMILES string of the molecule is COC1(c2noc(-c3ccc(C#N)cn3)n2)CCCCC1. The van der Waals surface area contributed by atoms with Gasteiger partial charge in [0.1, 0.15) is 17.4 Å². The van der Waals surface area contributed by atoms with Crippen molar-refractivity contribution in [3.63, 3.8) is 0 Å². The van der Waals surface area contributed by atoms with Crippen LogP contribution in [0.1, 0.15) is 43.5 Å². The van der Waals surface area contributed by atoms with E-state index in [0.29, 0.717) is 23.0 Å². The number of hydrogen-bond acceptors (Lipinski definition) is 6. The lowest BCUT2D eigenvalue weighted by atomic mass is 9.84. The van der Waals surface area contributed by atoms with Gasteiger partial charge >= 0.3 is 0 Å². The monoisotopic (exact) mass is 284 g/mol. The van der Waals surface area contributed by atoms with Gasteiger partial charge in [0.05, 0.1) is 5.56 Å². The van der Waals surface area contributed by atoms with Crippen molar-refractivity contribution in [2.45, 2.75) is 37.7 Å². The molecule has 108 valence electrons. The summed E-state index contributed by atoms with van der Waals surface area (Å²) in [5, 5.41) is 12.9. The summed E-state index contributed by atoms with van der Waals surface area (Å²) in [5.74, 6) is 0.947. The standard InChI is InChI=1S/C15H16N4O2/c1-20-15(7-3-2-4-8-15)14-18-13(21-19-14)12-6-5-11(9-16)10-17-12/h5-6,10H,2-4,7-8H2,1H3. The molecule has 0 radical (unpaired) electrons. The van der Waals surface area contributed by atoms with E-state index >= 15 is 0 Å². The Labute approximate surface area is 122 Å². The highest BCUT2D eigenvalue weighted by Crippen LogP contribution is 2.38. The highest BCUT2D eigenvalue weighted by Gasteiger charge is 2.38. The van der Waals surface area contributed by atoms with Gasteiger partial charge in [-0.3, -0.25) is 0 Å². The van der Waals surface area contributed by atoms with E-state index in [2.05, 4.69) is 15.1 Å². The predicted octanol–water partition coefficient (Wildman–Crippen LogP) is 2.81. The molecule has 0 aliphatic heterocycles. The molecule has 0 unspecified atom stereocenters. The zero-order valence-electron chi connectivity index (χ0n) is 11.9. The average molecular weight is 284 g/mol. The third-order valence-electron chi connectivity index (χ3n) is 4.00. The van der Waals surface area contributed by atoms with Gasteiger partial charge in [0.2, 0.25) is 5.82 Å². The van der Waals surface area contributed by atoms with Crippen LogP contribution in [0.4, 0.5) is 0 Å². The lowest BCUT2D eigenvalue weighted by Gasteiger charge is -2.32. The fourth-order valence-electron chi connectivity index (χ4n) is 2.74. The minimum atomic E-state index is -0.438. The van der Waals surface area contributed by atoms with Crippen LogP contribution in [0.15, 0.2) is 22.9 Å². The van der Waals surface area contributed by atoms with Gasteiger partial charge in [-0.25, -0.2) is 4.98 Å². The highest BCUT2D eigenvalue weighted by molar-refractivity contribution is 5.47. The fourth-order valence-corrected chi connectivity index (χ4v) is 2.74. The van der Waals surface area contributed by atoms with E-state index in [1.54, 1.807) is 19.2 Å². The number of rotatable bonds is 3. The number of nitrogens with zero attached hydrogens (tertiary/aromatic N) is 4. The zero-order valence-corrected chi connectivity index (χ0v) is 11.9. The Bertz CT molecular complexity index is 651. The van der Waals surface area contributed by atoms with Crippen molar-refractivity contribution in [3.8, 4) is 17.7 Å². The maximum atomic E-state index is 8.78. The molecule has 0 atom stereocenters. The topological polar surface area (TPSA) is 84.8 Å². The molecular formula is C15H16N4O2. The lowest BCUT2D eigenvalue weighted by Crippen LogP contribution is -2.32. The van der Waals surface area contributed by atoms with E-state index in [0.717, 1.165) is 25.7 Å². The number of ether oxygens (including phenoxy) is 1. The molecule has 0 bridgehead atoms. The third-order valence-corrected chi connectivity index (χ3v) is 4.00. The number of hydrogen-bond donors (Lipinski definition) is 0. The van der Waals surface area contributed by atoms with E-state index in [-0.39, 0.29) is 0 Å². The molecule has 0 aromatic carbocycles. The van der Waals surface area contributed by atoms with Crippen LogP contribution in [0.25, 0.3) is 11.6 Å². The third kappa shape index (κ3) is 2.52. The first-order valence-electron chi connectivity index (χ1n) is 7.03. The number of aromatic nitrogens is 3. The van der Waals surface area contributed by atoms with Gasteiger partial charge in [-0.05, 0) is 25.0 Å². The molecule has 6 heteroatoms. The average Bonchev–Trinajstić information content (AvgIpc) is 3.06. The van der Waals surface area contributed by atoms with Gasteiger partial charge in [0, 0.05) is 13.3 Å². The van der Waals surface area contributed by atoms with Crippen LogP contribution in [-0.4, -0.2) is 22.2 Å². The smallest absolute Gasteiger partial charge is 0.276 e. The summed E-state index contributed by atoms with van der Waals surface area (Å²) in [7, 11) is 1.70. The molecule has 0 saturated heterocycles. The van der Waals surface area contributed by atoms with Gasteiger partial charge < -0.3 is 9.26 Å². The molecule has 2 aromatic rings. The lowest BCUT2D eigenvalue weighted by molar-refractivity contribution is -0.0527. The molecule has 3 rings (SSSR count). The van der Waals surface area contributed by atoms with Crippen LogP contribution in [0, 0.1) is 11.3 Å². The minimum Gasteiger partial charge on any atom is -0.370 e. The Morgan fingerprint density at radius 3 is 2.71 bits per heavy atom. The molecule has 1 saturated carbocycles. The second-order valence-corrected chi connectivity index (χ2v) is 5.23. The molecule has 6 nitrogen and oxygen atoms in total. The Morgan fingerprint density at radius 1 is 1.29 bits per heavy atom.